The lowest BCUT2D eigenvalue weighted by molar-refractivity contribution is -0.117. The number of rotatable bonds is 6. The number of halogens is 2. The summed E-state index contributed by atoms with van der Waals surface area (Å²) < 4.78 is 29.9. The van der Waals surface area contributed by atoms with E-state index in [-0.39, 0.29) is 14.9 Å². The van der Waals surface area contributed by atoms with Gasteiger partial charge in [0, 0.05) is 39.1 Å². The smallest absolute Gasteiger partial charge is 0.242 e. The van der Waals surface area contributed by atoms with Crippen LogP contribution in [0.4, 0.5) is 5.69 Å². The van der Waals surface area contributed by atoms with Gasteiger partial charge < -0.3 is 9.88 Å². The molecule has 0 radical (unpaired) electrons. The molecule has 4 rings (SSSR count). The van der Waals surface area contributed by atoms with Crippen molar-refractivity contribution in [1.82, 2.24) is 9.29 Å². The SMILES string of the molecule is CCn1c2ccccc2c2cc(NC(=O)[C@H](C)NS(=O)(=O)c3cc(Cl)ccc3Cl)ccc21. The third-order valence-electron chi connectivity index (χ3n) is 5.26. The number of nitrogens with one attached hydrogen (secondary N) is 2. The number of sulfonamides is 1. The topological polar surface area (TPSA) is 80.2 Å². The van der Waals surface area contributed by atoms with Gasteiger partial charge in [-0.2, -0.15) is 4.72 Å². The number of aryl methyl sites for hydroxylation is 1. The van der Waals surface area contributed by atoms with Gasteiger partial charge in [0.1, 0.15) is 4.90 Å². The molecule has 0 saturated carbocycles. The van der Waals surface area contributed by atoms with Gasteiger partial charge in [-0.1, -0.05) is 41.4 Å². The monoisotopic (exact) mass is 489 g/mol. The highest BCUT2D eigenvalue weighted by molar-refractivity contribution is 7.89. The van der Waals surface area contributed by atoms with Crippen LogP contribution in [0.2, 0.25) is 10.0 Å². The third-order valence-corrected chi connectivity index (χ3v) is 7.52. The van der Waals surface area contributed by atoms with Crippen LogP contribution in [-0.4, -0.2) is 24.9 Å². The van der Waals surface area contributed by atoms with E-state index in [1.165, 1.54) is 25.1 Å². The van der Waals surface area contributed by atoms with Crippen molar-refractivity contribution in [1.29, 1.82) is 0 Å². The molecule has 1 atom stereocenters. The van der Waals surface area contributed by atoms with Gasteiger partial charge in [0.15, 0.2) is 0 Å². The highest BCUT2D eigenvalue weighted by Gasteiger charge is 2.24. The molecular formula is C23H21Cl2N3O3S. The normalized spacial score (nSPS) is 12.9. The van der Waals surface area contributed by atoms with Crippen LogP contribution in [0.25, 0.3) is 21.8 Å². The number of hydrogen-bond donors (Lipinski definition) is 2. The maximum absolute atomic E-state index is 12.7. The zero-order valence-corrected chi connectivity index (χ0v) is 19.7. The zero-order chi connectivity index (χ0) is 23.0. The maximum Gasteiger partial charge on any atom is 0.242 e. The van der Waals surface area contributed by atoms with E-state index >= 15 is 0 Å². The molecule has 0 aliphatic rings. The summed E-state index contributed by atoms with van der Waals surface area (Å²) >= 11 is 11.9. The van der Waals surface area contributed by atoms with Gasteiger partial charge in [0.05, 0.1) is 11.1 Å². The molecule has 0 aliphatic heterocycles. The number of carbonyl (C=O) groups is 1. The van der Waals surface area contributed by atoms with Crippen molar-refractivity contribution < 1.29 is 13.2 Å². The fourth-order valence-electron chi connectivity index (χ4n) is 3.76. The predicted octanol–water partition coefficient (Wildman–Crippen LogP) is 5.43. The van der Waals surface area contributed by atoms with Gasteiger partial charge in [0.2, 0.25) is 15.9 Å². The third kappa shape index (κ3) is 4.21. The second-order valence-corrected chi connectivity index (χ2v) is 9.93. The molecule has 1 amide bonds. The lowest BCUT2D eigenvalue weighted by atomic mass is 10.1. The standard InChI is InChI=1S/C23H21Cl2N3O3S/c1-3-28-20-7-5-4-6-17(20)18-13-16(9-11-21(18)28)26-23(29)14(2)27-32(30,31)22-12-15(24)8-10-19(22)25/h4-14,27H,3H2,1-2H3,(H,26,29)/t14-/m0/s1. The van der Waals surface area contributed by atoms with Crippen molar-refractivity contribution in [3.8, 4) is 0 Å². The van der Waals surface area contributed by atoms with Crippen LogP contribution in [0.15, 0.2) is 65.6 Å². The summed E-state index contributed by atoms with van der Waals surface area (Å²) in [5.74, 6) is -0.495. The Hall–Kier alpha value is -2.58. The molecule has 32 heavy (non-hydrogen) atoms. The van der Waals surface area contributed by atoms with Gasteiger partial charge in [-0.3, -0.25) is 4.79 Å². The summed E-state index contributed by atoms with van der Waals surface area (Å²) in [6, 6.07) is 16.8. The van der Waals surface area contributed by atoms with E-state index in [1.807, 2.05) is 30.3 Å². The molecule has 1 heterocycles. The maximum atomic E-state index is 12.7. The highest BCUT2D eigenvalue weighted by atomic mass is 35.5. The molecule has 0 bridgehead atoms. The number of nitrogens with zero attached hydrogens (tertiary/aromatic N) is 1. The lowest BCUT2D eigenvalue weighted by Crippen LogP contribution is -2.41. The molecule has 0 saturated heterocycles. The Bertz CT molecular complexity index is 1450. The number of fused-ring (bicyclic) bond motifs is 3. The molecular weight excluding hydrogens is 469 g/mol. The number of amides is 1. The van der Waals surface area contributed by atoms with Gasteiger partial charge in [-0.15, -0.1) is 0 Å². The summed E-state index contributed by atoms with van der Waals surface area (Å²) in [6.07, 6.45) is 0. The molecule has 6 nitrogen and oxygen atoms in total. The average Bonchev–Trinajstić information content (AvgIpc) is 3.08. The Labute approximate surface area is 196 Å². The quantitative estimate of drug-likeness (QED) is 0.379. The molecule has 166 valence electrons. The summed E-state index contributed by atoms with van der Waals surface area (Å²) in [6.45, 7) is 4.37. The first-order valence-electron chi connectivity index (χ1n) is 10.0. The molecule has 2 N–H and O–H groups in total. The number of aromatic nitrogens is 1. The van der Waals surface area contributed by atoms with Crippen LogP contribution in [-0.2, 0) is 21.4 Å². The number of carbonyl (C=O) groups excluding carboxylic acids is 1. The van der Waals surface area contributed by atoms with Gasteiger partial charge >= 0.3 is 0 Å². The summed E-state index contributed by atoms with van der Waals surface area (Å²) in [5.41, 5.74) is 2.76. The Morgan fingerprint density at radius 2 is 1.72 bits per heavy atom. The van der Waals surface area contributed by atoms with Gasteiger partial charge in [0.25, 0.3) is 0 Å². The number of anilines is 1. The minimum atomic E-state index is -4.04. The van der Waals surface area contributed by atoms with Crippen LogP contribution in [0.3, 0.4) is 0 Å². The van der Waals surface area contributed by atoms with Crippen LogP contribution >= 0.6 is 23.2 Å². The Balaban J connectivity index is 1.58. The molecule has 0 fully saturated rings. The zero-order valence-electron chi connectivity index (χ0n) is 17.4. The molecule has 4 aromatic rings. The largest absolute Gasteiger partial charge is 0.341 e. The first-order valence-corrected chi connectivity index (χ1v) is 12.2. The van der Waals surface area contributed by atoms with Crippen LogP contribution in [0.1, 0.15) is 13.8 Å². The molecule has 3 aromatic carbocycles. The lowest BCUT2D eigenvalue weighted by Gasteiger charge is -2.15. The second kappa shape index (κ2) is 8.75. The predicted molar refractivity (Wildman–Crippen MR) is 130 cm³/mol. The van der Waals surface area contributed by atoms with Gasteiger partial charge in [-0.25, -0.2) is 8.42 Å². The molecule has 0 aliphatic carbocycles. The van der Waals surface area contributed by atoms with E-state index in [9.17, 15) is 13.2 Å². The van der Waals surface area contributed by atoms with Crippen LogP contribution < -0.4 is 10.0 Å². The van der Waals surface area contributed by atoms with Crippen LogP contribution in [0.5, 0.6) is 0 Å². The van der Waals surface area contributed by atoms with E-state index < -0.39 is 22.0 Å². The van der Waals surface area contributed by atoms with Gasteiger partial charge in [-0.05, 0) is 56.3 Å². The fraction of sp³-hybridized carbons (Fsp3) is 0.174. The van der Waals surface area contributed by atoms with Crippen molar-refractivity contribution in [3.63, 3.8) is 0 Å². The fourth-order valence-corrected chi connectivity index (χ4v) is 5.72. The van der Waals surface area contributed by atoms with Crippen molar-refractivity contribution >= 4 is 66.6 Å². The minimum absolute atomic E-state index is 0.0206. The number of hydrogen-bond acceptors (Lipinski definition) is 3. The Morgan fingerprint density at radius 3 is 2.47 bits per heavy atom. The van der Waals surface area contributed by atoms with Crippen molar-refractivity contribution in [2.45, 2.75) is 31.3 Å². The Morgan fingerprint density at radius 1 is 1.00 bits per heavy atom. The highest BCUT2D eigenvalue weighted by Crippen LogP contribution is 2.31. The van der Waals surface area contributed by atoms with Crippen molar-refractivity contribution in [3.05, 3.63) is 70.7 Å². The number of para-hydroxylation sites is 1. The number of benzene rings is 3. The van der Waals surface area contributed by atoms with E-state index in [4.69, 9.17) is 23.2 Å². The molecule has 0 unspecified atom stereocenters. The second-order valence-electron chi connectivity index (χ2n) is 7.40. The van der Waals surface area contributed by atoms with E-state index in [1.54, 1.807) is 6.07 Å². The first-order chi connectivity index (χ1) is 15.2. The summed E-state index contributed by atoms with van der Waals surface area (Å²) in [7, 11) is -4.04. The molecule has 9 heteroatoms. The van der Waals surface area contributed by atoms with Crippen molar-refractivity contribution in [2.75, 3.05) is 5.32 Å². The van der Waals surface area contributed by atoms with E-state index in [0.717, 1.165) is 28.4 Å². The minimum Gasteiger partial charge on any atom is -0.341 e. The molecule has 0 spiro atoms. The Kier molecular flexibility index (Phi) is 6.18. The van der Waals surface area contributed by atoms with Crippen LogP contribution in [0, 0.1) is 0 Å². The van der Waals surface area contributed by atoms with E-state index in [0.29, 0.717) is 5.69 Å². The summed E-state index contributed by atoms with van der Waals surface area (Å²) in [5, 5.41) is 5.14. The first kappa shape index (κ1) is 22.6. The summed E-state index contributed by atoms with van der Waals surface area (Å²) in [4.78, 5) is 12.6. The van der Waals surface area contributed by atoms with Crippen molar-refractivity contribution in [2.24, 2.45) is 0 Å². The van der Waals surface area contributed by atoms with E-state index in [2.05, 4.69) is 27.6 Å². The molecule has 1 aromatic heterocycles. The average molecular weight is 490 g/mol.